The first-order chi connectivity index (χ1) is 11.7. The number of rotatable bonds is 9. The topological polar surface area (TPSA) is 36.9 Å². The van der Waals surface area contributed by atoms with E-state index in [2.05, 4.69) is 12.1 Å². The number of benzene rings is 2. The highest BCUT2D eigenvalue weighted by Crippen LogP contribution is 2.40. The highest BCUT2D eigenvalue weighted by atomic mass is 32.2. The van der Waals surface area contributed by atoms with E-state index in [1.54, 1.807) is 37.7 Å². The lowest BCUT2D eigenvalue weighted by atomic mass is 10.1. The van der Waals surface area contributed by atoms with Gasteiger partial charge in [0.05, 0.1) is 9.79 Å². The SMILES string of the molecule is COCOc1ccc(-c2cc(SC)c(OCOC)c(SC)c2)cc1. The van der Waals surface area contributed by atoms with Crippen molar-refractivity contribution in [2.45, 2.75) is 9.79 Å². The van der Waals surface area contributed by atoms with Crippen LogP contribution in [0.4, 0.5) is 0 Å². The molecular formula is C18H22O4S2. The molecule has 2 aromatic carbocycles. The molecule has 0 aliphatic heterocycles. The number of methoxy groups -OCH3 is 2. The van der Waals surface area contributed by atoms with Crippen LogP contribution >= 0.6 is 23.5 Å². The molecular weight excluding hydrogens is 344 g/mol. The molecule has 24 heavy (non-hydrogen) atoms. The Balaban J connectivity index is 2.32. The lowest BCUT2D eigenvalue weighted by molar-refractivity contribution is 0.0471. The zero-order chi connectivity index (χ0) is 17.4. The van der Waals surface area contributed by atoms with E-state index in [4.69, 9.17) is 18.9 Å². The van der Waals surface area contributed by atoms with E-state index in [-0.39, 0.29) is 13.6 Å². The Morgan fingerprint density at radius 3 is 1.79 bits per heavy atom. The second-order valence-corrected chi connectivity index (χ2v) is 6.53. The molecule has 0 saturated carbocycles. The van der Waals surface area contributed by atoms with Crippen molar-refractivity contribution >= 4 is 23.5 Å². The first kappa shape index (κ1) is 19.0. The van der Waals surface area contributed by atoms with Gasteiger partial charge in [-0.15, -0.1) is 23.5 Å². The third-order valence-corrected chi connectivity index (χ3v) is 4.80. The van der Waals surface area contributed by atoms with Gasteiger partial charge in [-0.3, -0.25) is 0 Å². The van der Waals surface area contributed by atoms with Gasteiger partial charge in [0.1, 0.15) is 11.5 Å². The summed E-state index contributed by atoms with van der Waals surface area (Å²) in [4.78, 5) is 2.18. The number of hydrogen-bond acceptors (Lipinski definition) is 6. The molecule has 0 aliphatic rings. The van der Waals surface area contributed by atoms with Gasteiger partial charge in [0.2, 0.25) is 0 Å². The normalized spacial score (nSPS) is 10.7. The predicted octanol–water partition coefficient (Wildman–Crippen LogP) is 4.76. The van der Waals surface area contributed by atoms with Crippen LogP contribution in [0.2, 0.25) is 0 Å². The number of ether oxygens (including phenoxy) is 4. The van der Waals surface area contributed by atoms with E-state index in [9.17, 15) is 0 Å². The highest BCUT2D eigenvalue weighted by molar-refractivity contribution is 7.99. The van der Waals surface area contributed by atoms with Gasteiger partial charge in [-0.1, -0.05) is 12.1 Å². The smallest absolute Gasteiger partial charge is 0.188 e. The van der Waals surface area contributed by atoms with Crippen LogP contribution in [0.1, 0.15) is 0 Å². The molecule has 0 fully saturated rings. The van der Waals surface area contributed by atoms with Crippen LogP contribution in [0.15, 0.2) is 46.2 Å². The van der Waals surface area contributed by atoms with E-state index in [1.165, 1.54) is 0 Å². The standard InChI is InChI=1S/C18H22O4S2/c1-19-11-21-15-7-5-13(6-8-15)14-9-16(23-3)18(22-12-20-2)17(10-14)24-4/h5-10H,11-12H2,1-4H3. The van der Waals surface area contributed by atoms with Crippen LogP contribution in [0.25, 0.3) is 11.1 Å². The molecule has 0 saturated heterocycles. The third-order valence-electron chi connectivity index (χ3n) is 3.31. The second-order valence-electron chi connectivity index (χ2n) is 4.84. The Hall–Kier alpha value is -1.34. The van der Waals surface area contributed by atoms with Gasteiger partial charge < -0.3 is 18.9 Å². The van der Waals surface area contributed by atoms with Crippen molar-refractivity contribution in [3.63, 3.8) is 0 Å². The van der Waals surface area contributed by atoms with Crippen molar-refractivity contribution in [2.24, 2.45) is 0 Å². The largest absolute Gasteiger partial charge is 0.468 e. The summed E-state index contributed by atoms with van der Waals surface area (Å²) in [5, 5.41) is 0. The monoisotopic (exact) mass is 366 g/mol. The Bertz CT molecular complexity index is 619. The maximum absolute atomic E-state index is 5.76. The van der Waals surface area contributed by atoms with Crippen LogP contribution < -0.4 is 9.47 Å². The van der Waals surface area contributed by atoms with Gasteiger partial charge in [-0.2, -0.15) is 0 Å². The van der Waals surface area contributed by atoms with Crippen LogP contribution in [0, 0.1) is 0 Å². The summed E-state index contributed by atoms with van der Waals surface area (Å²) < 4.78 is 21.1. The first-order valence-electron chi connectivity index (χ1n) is 7.33. The molecule has 4 nitrogen and oxygen atoms in total. The van der Waals surface area contributed by atoms with Gasteiger partial charge in [0, 0.05) is 14.2 Å². The van der Waals surface area contributed by atoms with E-state index in [0.717, 1.165) is 32.4 Å². The molecule has 2 aromatic rings. The molecule has 0 radical (unpaired) electrons. The maximum Gasteiger partial charge on any atom is 0.188 e. The summed E-state index contributed by atoms with van der Waals surface area (Å²) in [6.45, 7) is 0.490. The van der Waals surface area contributed by atoms with Gasteiger partial charge in [-0.25, -0.2) is 0 Å². The summed E-state index contributed by atoms with van der Waals surface area (Å²) in [5.74, 6) is 1.66. The van der Waals surface area contributed by atoms with Crippen LogP contribution in [0.3, 0.4) is 0 Å². The number of hydrogen-bond donors (Lipinski definition) is 0. The Morgan fingerprint density at radius 1 is 0.750 bits per heavy atom. The predicted molar refractivity (Wildman–Crippen MR) is 100 cm³/mol. The molecule has 0 aromatic heterocycles. The minimum atomic E-state index is 0.242. The van der Waals surface area contributed by atoms with E-state index < -0.39 is 0 Å². The maximum atomic E-state index is 5.76. The molecule has 6 heteroatoms. The Kier molecular flexibility index (Phi) is 7.78. The summed E-state index contributed by atoms with van der Waals surface area (Å²) in [7, 11) is 3.23. The van der Waals surface area contributed by atoms with Crippen molar-refractivity contribution in [1.82, 2.24) is 0 Å². The summed E-state index contributed by atoms with van der Waals surface area (Å²) in [6, 6.07) is 12.3. The molecule has 0 amide bonds. The summed E-state index contributed by atoms with van der Waals surface area (Å²) >= 11 is 3.33. The van der Waals surface area contributed by atoms with E-state index in [0.29, 0.717) is 0 Å². The van der Waals surface area contributed by atoms with Crippen LogP contribution in [0.5, 0.6) is 11.5 Å². The lowest BCUT2D eigenvalue weighted by Gasteiger charge is -2.15. The second kappa shape index (κ2) is 9.84. The van der Waals surface area contributed by atoms with Crippen LogP contribution in [-0.2, 0) is 9.47 Å². The lowest BCUT2D eigenvalue weighted by Crippen LogP contribution is -2.01. The Labute approximate surface area is 151 Å². The van der Waals surface area contributed by atoms with Gasteiger partial charge in [0.15, 0.2) is 13.6 Å². The van der Waals surface area contributed by atoms with Crippen molar-refractivity contribution in [3.8, 4) is 22.6 Å². The fourth-order valence-corrected chi connectivity index (χ4v) is 3.44. The van der Waals surface area contributed by atoms with Gasteiger partial charge in [0.25, 0.3) is 0 Å². The first-order valence-corrected chi connectivity index (χ1v) is 9.78. The fourth-order valence-electron chi connectivity index (χ4n) is 2.18. The molecule has 0 N–H and O–H groups in total. The van der Waals surface area contributed by atoms with E-state index >= 15 is 0 Å². The zero-order valence-corrected chi connectivity index (χ0v) is 16.0. The quantitative estimate of drug-likeness (QED) is 0.470. The van der Waals surface area contributed by atoms with Crippen LogP contribution in [-0.4, -0.2) is 40.3 Å². The van der Waals surface area contributed by atoms with Crippen molar-refractivity contribution < 1.29 is 18.9 Å². The fraction of sp³-hybridized carbons (Fsp3) is 0.333. The molecule has 0 atom stereocenters. The summed E-state index contributed by atoms with van der Waals surface area (Å²) in [6.07, 6.45) is 4.09. The average molecular weight is 367 g/mol. The molecule has 130 valence electrons. The van der Waals surface area contributed by atoms with Crippen molar-refractivity contribution in [1.29, 1.82) is 0 Å². The number of thioether (sulfide) groups is 2. The average Bonchev–Trinajstić information content (AvgIpc) is 2.64. The molecule has 0 unspecified atom stereocenters. The van der Waals surface area contributed by atoms with Crippen molar-refractivity contribution in [2.75, 3.05) is 40.3 Å². The highest BCUT2D eigenvalue weighted by Gasteiger charge is 2.13. The minimum Gasteiger partial charge on any atom is -0.468 e. The zero-order valence-electron chi connectivity index (χ0n) is 14.3. The molecule has 0 heterocycles. The van der Waals surface area contributed by atoms with E-state index in [1.807, 2.05) is 36.8 Å². The minimum absolute atomic E-state index is 0.242. The third kappa shape index (κ3) is 4.83. The molecule has 0 aliphatic carbocycles. The molecule has 0 bridgehead atoms. The van der Waals surface area contributed by atoms with Gasteiger partial charge >= 0.3 is 0 Å². The van der Waals surface area contributed by atoms with Crippen molar-refractivity contribution in [3.05, 3.63) is 36.4 Å². The molecule has 0 spiro atoms. The summed E-state index contributed by atoms with van der Waals surface area (Å²) in [5.41, 5.74) is 2.27. The van der Waals surface area contributed by atoms with Gasteiger partial charge in [-0.05, 0) is 47.9 Å². The Morgan fingerprint density at radius 2 is 1.29 bits per heavy atom. The molecule has 2 rings (SSSR count).